The number of thiocarbonyl (C=S) groups is 1. The second kappa shape index (κ2) is 13.1. The Hall–Kier alpha value is -2.55. The van der Waals surface area contributed by atoms with E-state index in [1.165, 1.54) is 24.8 Å². The van der Waals surface area contributed by atoms with E-state index in [9.17, 15) is 4.79 Å². The first-order valence-corrected chi connectivity index (χ1v) is 11.7. The minimum Gasteiger partial charge on any atom is -0.476 e. The van der Waals surface area contributed by atoms with E-state index in [-0.39, 0.29) is 11.0 Å². The van der Waals surface area contributed by atoms with Crippen LogP contribution in [0.4, 0.5) is 5.69 Å². The van der Waals surface area contributed by atoms with Crippen molar-refractivity contribution >= 4 is 28.9 Å². The van der Waals surface area contributed by atoms with Crippen LogP contribution in [0.3, 0.4) is 0 Å². The van der Waals surface area contributed by atoms with Crippen molar-refractivity contribution in [3.05, 3.63) is 53.7 Å². The highest BCUT2D eigenvalue weighted by atomic mass is 32.1. The molecule has 172 valence electrons. The molecule has 2 N–H and O–H groups in total. The van der Waals surface area contributed by atoms with Crippen molar-refractivity contribution in [3.63, 3.8) is 0 Å². The van der Waals surface area contributed by atoms with Gasteiger partial charge in [0, 0.05) is 31.5 Å². The number of carbonyl (C=O) groups is 1. The normalized spacial score (nSPS) is 14.0. The molecule has 2 heterocycles. The fourth-order valence-electron chi connectivity index (χ4n) is 3.44. The largest absolute Gasteiger partial charge is 0.476 e. The summed E-state index contributed by atoms with van der Waals surface area (Å²) in [6.07, 6.45) is 6.33. The summed E-state index contributed by atoms with van der Waals surface area (Å²) in [5.74, 6) is -0.0503. The number of benzene rings is 1. The van der Waals surface area contributed by atoms with Gasteiger partial charge >= 0.3 is 0 Å². The number of amides is 1. The van der Waals surface area contributed by atoms with E-state index in [4.69, 9.17) is 21.7 Å². The Morgan fingerprint density at radius 1 is 1.19 bits per heavy atom. The molecule has 1 amide bonds. The van der Waals surface area contributed by atoms with E-state index in [2.05, 4.69) is 39.6 Å². The zero-order valence-corrected chi connectivity index (χ0v) is 19.5. The second-order valence-electron chi connectivity index (χ2n) is 7.72. The molecule has 1 aliphatic heterocycles. The third-order valence-electron chi connectivity index (χ3n) is 5.27. The average Bonchev–Trinajstić information content (AvgIpc) is 2.81. The number of aromatic nitrogens is 1. The van der Waals surface area contributed by atoms with Gasteiger partial charge in [0.25, 0.3) is 5.91 Å². The van der Waals surface area contributed by atoms with Gasteiger partial charge in [0.2, 0.25) is 5.88 Å². The first-order valence-electron chi connectivity index (χ1n) is 11.2. The van der Waals surface area contributed by atoms with E-state index in [1.54, 1.807) is 18.3 Å². The molecule has 32 heavy (non-hydrogen) atoms. The van der Waals surface area contributed by atoms with E-state index in [0.29, 0.717) is 18.1 Å². The van der Waals surface area contributed by atoms with Gasteiger partial charge in [-0.3, -0.25) is 15.0 Å². The predicted molar refractivity (Wildman–Crippen MR) is 130 cm³/mol. The van der Waals surface area contributed by atoms with Gasteiger partial charge in [-0.2, -0.15) is 0 Å². The SMILES string of the molecule is CCCCCc1ccc(NC(=S)NC(=O)c2cccnc2OCCN2CCOCC2)cc1. The lowest BCUT2D eigenvalue weighted by Crippen LogP contribution is -2.39. The first kappa shape index (κ1) is 24.1. The van der Waals surface area contributed by atoms with Crippen LogP contribution in [-0.4, -0.2) is 60.4 Å². The third kappa shape index (κ3) is 7.85. The van der Waals surface area contributed by atoms with Crippen LogP contribution in [0.2, 0.25) is 0 Å². The maximum atomic E-state index is 12.7. The molecule has 0 spiro atoms. The summed E-state index contributed by atoms with van der Waals surface area (Å²) in [6.45, 7) is 6.66. The molecule has 1 saturated heterocycles. The molecule has 8 heteroatoms. The van der Waals surface area contributed by atoms with E-state index in [0.717, 1.165) is 45.0 Å². The quantitative estimate of drug-likeness (QED) is 0.417. The maximum Gasteiger partial charge on any atom is 0.262 e. The Balaban J connectivity index is 1.48. The zero-order chi connectivity index (χ0) is 22.6. The standard InChI is InChI=1S/C24H32N4O3S/c1-2-3-4-6-19-8-10-20(11-9-19)26-24(32)27-22(29)21-7-5-12-25-23(21)31-18-15-28-13-16-30-17-14-28/h5,7-12H,2-4,6,13-18H2,1H3,(H2,26,27,29,32). The maximum absolute atomic E-state index is 12.7. The number of hydrogen-bond acceptors (Lipinski definition) is 6. The first-order chi connectivity index (χ1) is 15.7. The summed E-state index contributed by atoms with van der Waals surface area (Å²) < 4.78 is 11.2. The number of aryl methyl sites for hydroxylation is 1. The highest BCUT2D eigenvalue weighted by Crippen LogP contribution is 2.15. The van der Waals surface area contributed by atoms with Crippen LogP contribution in [0.15, 0.2) is 42.6 Å². The minimum absolute atomic E-state index is 0.233. The molecule has 0 atom stereocenters. The fourth-order valence-corrected chi connectivity index (χ4v) is 3.65. The van der Waals surface area contributed by atoms with Crippen molar-refractivity contribution in [2.45, 2.75) is 32.6 Å². The lowest BCUT2D eigenvalue weighted by Gasteiger charge is -2.26. The van der Waals surface area contributed by atoms with Crippen LogP contribution >= 0.6 is 12.2 Å². The molecule has 2 aromatic rings. The molecular formula is C24H32N4O3S. The molecule has 1 fully saturated rings. The number of rotatable bonds is 10. The number of anilines is 1. The summed E-state index contributed by atoms with van der Waals surface area (Å²) in [6, 6.07) is 11.5. The monoisotopic (exact) mass is 456 g/mol. The third-order valence-corrected chi connectivity index (χ3v) is 5.48. The topological polar surface area (TPSA) is 75.7 Å². The second-order valence-corrected chi connectivity index (χ2v) is 8.13. The van der Waals surface area contributed by atoms with E-state index in [1.807, 2.05) is 12.1 Å². The van der Waals surface area contributed by atoms with Crippen molar-refractivity contribution in [1.29, 1.82) is 0 Å². The van der Waals surface area contributed by atoms with Gasteiger partial charge in [-0.1, -0.05) is 31.9 Å². The van der Waals surface area contributed by atoms with E-state index < -0.39 is 0 Å². The van der Waals surface area contributed by atoms with Crippen LogP contribution in [0, 0.1) is 0 Å². The molecule has 0 radical (unpaired) electrons. The van der Waals surface area contributed by atoms with Crippen LogP contribution in [0.5, 0.6) is 5.88 Å². The molecule has 0 saturated carbocycles. The van der Waals surface area contributed by atoms with Crippen molar-refractivity contribution in [1.82, 2.24) is 15.2 Å². The molecular weight excluding hydrogens is 424 g/mol. The zero-order valence-electron chi connectivity index (χ0n) is 18.6. The van der Waals surface area contributed by atoms with E-state index >= 15 is 0 Å². The van der Waals surface area contributed by atoms with Crippen molar-refractivity contribution in [3.8, 4) is 5.88 Å². The molecule has 7 nitrogen and oxygen atoms in total. The Labute approximate surface area is 195 Å². The van der Waals surface area contributed by atoms with Crippen LogP contribution in [0.1, 0.15) is 42.1 Å². The number of nitrogens with zero attached hydrogens (tertiary/aromatic N) is 2. The molecule has 1 aromatic heterocycles. The summed E-state index contributed by atoms with van der Waals surface area (Å²) in [5.41, 5.74) is 2.49. The Kier molecular flexibility index (Phi) is 9.87. The number of morpholine rings is 1. The highest BCUT2D eigenvalue weighted by Gasteiger charge is 2.16. The number of unbranched alkanes of at least 4 members (excludes halogenated alkanes) is 2. The average molecular weight is 457 g/mol. The highest BCUT2D eigenvalue weighted by molar-refractivity contribution is 7.80. The van der Waals surface area contributed by atoms with Crippen molar-refractivity contribution in [2.24, 2.45) is 0 Å². The molecule has 3 rings (SSSR count). The van der Waals surface area contributed by atoms with Gasteiger partial charge < -0.3 is 14.8 Å². The van der Waals surface area contributed by atoms with Crippen molar-refractivity contribution < 1.29 is 14.3 Å². The smallest absolute Gasteiger partial charge is 0.262 e. The summed E-state index contributed by atoms with van der Waals surface area (Å²) in [7, 11) is 0. The molecule has 0 aliphatic carbocycles. The lowest BCUT2D eigenvalue weighted by molar-refractivity contribution is 0.0319. The number of ether oxygens (including phenoxy) is 2. The minimum atomic E-state index is -0.354. The number of carbonyl (C=O) groups excluding carboxylic acids is 1. The summed E-state index contributed by atoms with van der Waals surface area (Å²) in [4.78, 5) is 19.2. The lowest BCUT2D eigenvalue weighted by atomic mass is 10.1. The number of hydrogen-bond donors (Lipinski definition) is 2. The van der Waals surface area contributed by atoms with Gasteiger partial charge in [-0.25, -0.2) is 4.98 Å². The van der Waals surface area contributed by atoms with Crippen LogP contribution in [-0.2, 0) is 11.2 Å². The Bertz CT molecular complexity index is 870. The van der Waals surface area contributed by atoms with Gasteiger partial charge in [-0.05, 0) is 54.9 Å². The van der Waals surface area contributed by atoms with Crippen molar-refractivity contribution in [2.75, 3.05) is 44.8 Å². The van der Waals surface area contributed by atoms with Crippen LogP contribution in [0.25, 0.3) is 0 Å². The number of nitrogens with one attached hydrogen (secondary N) is 2. The van der Waals surface area contributed by atoms with Gasteiger partial charge in [0.1, 0.15) is 12.2 Å². The fraction of sp³-hybridized carbons (Fsp3) is 0.458. The molecule has 1 aromatic carbocycles. The Morgan fingerprint density at radius 2 is 1.97 bits per heavy atom. The summed E-state index contributed by atoms with van der Waals surface area (Å²) >= 11 is 5.32. The van der Waals surface area contributed by atoms with Gasteiger partial charge in [0.15, 0.2) is 5.11 Å². The van der Waals surface area contributed by atoms with Gasteiger partial charge in [0.05, 0.1) is 13.2 Å². The predicted octanol–water partition coefficient (Wildman–Crippen LogP) is 3.65. The van der Waals surface area contributed by atoms with Gasteiger partial charge in [-0.15, -0.1) is 0 Å². The molecule has 0 unspecified atom stereocenters. The summed E-state index contributed by atoms with van der Waals surface area (Å²) in [5, 5.41) is 6.01. The Morgan fingerprint density at radius 3 is 2.72 bits per heavy atom. The molecule has 0 bridgehead atoms. The number of pyridine rings is 1. The van der Waals surface area contributed by atoms with Crippen LogP contribution < -0.4 is 15.4 Å². The molecule has 1 aliphatic rings.